The monoisotopic (exact) mass is 336 g/mol. The van der Waals surface area contributed by atoms with Gasteiger partial charge in [0.05, 0.1) is 19.3 Å². The van der Waals surface area contributed by atoms with Crippen molar-refractivity contribution < 1.29 is 19.7 Å². The van der Waals surface area contributed by atoms with E-state index in [1.807, 2.05) is 0 Å². The zero-order valence-electron chi connectivity index (χ0n) is 14.9. The van der Waals surface area contributed by atoms with Gasteiger partial charge in [-0.15, -0.1) is 0 Å². The highest BCUT2D eigenvalue weighted by atomic mass is 16.7. The van der Waals surface area contributed by atoms with Gasteiger partial charge in [0, 0.05) is 18.3 Å². The van der Waals surface area contributed by atoms with Crippen LogP contribution in [0.25, 0.3) is 0 Å². The molecule has 1 heterocycles. The number of fused-ring (bicyclic) bond motifs is 2. The molecule has 3 aliphatic rings. The van der Waals surface area contributed by atoms with E-state index in [9.17, 15) is 10.2 Å². The Bertz CT molecular complexity index is 460. The van der Waals surface area contributed by atoms with E-state index in [4.69, 9.17) is 9.47 Å². The number of aliphatic hydroxyl groups is 2. The van der Waals surface area contributed by atoms with Gasteiger partial charge in [0.25, 0.3) is 0 Å². The molecule has 2 saturated carbocycles. The molecular weight excluding hydrogens is 304 g/mol. The predicted octanol–water partition coefficient (Wildman–Crippen LogP) is 2.86. The van der Waals surface area contributed by atoms with Gasteiger partial charge in [0.2, 0.25) is 0 Å². The molecule has 136 valence electrons. The van der Waals surface area contributed by atoms with E-state index in [0.29, 0.717) is 25.6 Å². The lowest BCUT2D eigenvalue weighted by molar-refractivity contribution is -0.270. The molecule has 4 heteroatoms. The van der Waals surface area contributed by atoms with Crippen LogP contribution in [0, 0.1) is 29.6 Å². The van der Waals surface area contributed by atoms with E-state index in [1.54, 1.807) is 0 Å². The first-order valence-corrected chi connectivity index (χ1v) is 9.81. The standard InChI is InChI=1S/C20H32O4/c1-2-3-4-5-6-7-8-15(21)9-10-16-17-14-20(23-11-12-24-20)18(17)13-19(16)22/h15-19,21-22H,2-8,11-14H2,1H3. The summed E-state index contributed by atoms with van der Waals surface area (Å²) in [6.45, 7) is 3.54. The van der Waals surface area contributed by atoms with Crippen molar-refractivity contribution in [1.29, 1.82) is 0 Å². The van der Waals surface area contributed by atoms with Crippen LogP contribution in [-0.4, -0.2) is 41.4 Å². The first-order chi connectivity index (χ1) is 11.7. The molecular formula is C20H32O4. The summed E-state index contributed by atoms with van der Waals surface area (Å²) in [4.78, 5) is 0. The molecule has 5 atom stereocenters. The van der Waals surface area contributed by atoms with Crippen molar-refractivity contribution >= 4 is 0 Å². The lowest BCUT2D eigenvalue weighted by Crippen LogP contribution is -2.53. The predicted molar refractivity (Wildman–Crippen MR) is 92.1 cm³/mol. The van der Waals surface area contributed by atoms with Crippen molar-refractivity contribution in [2.24, 2.45) is 17.8 Å². The van der Waals surface area contributed by atoms with E-state index in [0.717, 1.165) is 19.3 Å². The van der Waals surface area contributed by atoms with Gasteiger partial charge in [-0.1, -0.05) is 50.9 Å². The quantitative estimate of drug-likeness (QED) is 0.554. The fraction of sp³-hybridized carbons (Fsp3) is 0.900. The maximum atomic E-state index is 10.3. The van der Waals surface area contributed by atoms with Gasteiger partial charge in [-0.3, -0.25) is 0 Å². The fourth-order valence-electron chi connectivity index (χ4n) is 4.60. The Morgan fingerprint density at radius 2 is 1.83 bits per heavy atom. The lowest BCUT2D eigenvalue weighted by Gasteiger charge is -2.48. The van der Waals surface area contributed by atoms with Crippen molar-refractivity contribution in [1.82, 2.24) is 0 Å². The smallest absolute Gasteiger partial charge is 0.172 e. The highest BCUT2D eigenvalue weighted by molar-refractivity contribution is 5.19. The topological polar surface area (TPSA) is 58.9 Å². The van der Waals surface area contributed by atoms with E-state index in [2.05, 4.69) is 18.8 Å². The molecule has 2 N–H and O–H groups in total. The van der Waals surface area contributed by atoms with Crippen LogP contribution >= 0.6 is 0 Å². The molecule has 0 radical (unpaired) electrons. The number of ether oxygens (including phenoxy) is 2. The fourth-order valence-corrected chi connectivity index (χ4v) is 4.60. The molecule has 4 nitrogen and oxygen atoms in total. The number of hydrogen-bond donors (Lipinski definition) is 2. The summed E-state index contributed by atoms with van der Waals surface area (Å²) >= 11 is 0. The van der Waals surface area contributed by atoms with Gasteiger partial charge in [0.1, 0.15) is 6.10 Å². The van der Waals surface area contributed by atoms with Crippen LogP contribution in [0.4, 0.5) is 0 Å². The summed E-state index contributed by atoms with van der Waals surface area (Å²) in [7, 11) is 0. The average molecular weight is 336 g/mol. The molecule has 5 unspecified atom stereocenters. The lowest BCUT2D eigenvalue weighted by atomic mass is 9.67. The summed E-state index contributed by atoms with van der Waals surface area (Å²) in [6.07, 6.45) is 8.62. The highest BCUT2D eigenvalue weighted by Gasteiger charge is 2.64. The number of aliphatic hydroxyl groups excluding tert-OH is 2. The van der Waals surface area contributed by atoms with E-state index in [1.165, 1.54) is 32.1 Å². The molecule has 0 bridgehead atoms. The molecule has 0 aromatic heterocycles. The van der Waals surface area contributed by atoms with Crippen LogP contribution in [0.5, 0.6) is 0 Å². The van der Waals surface area contributed by atoms with Crippen molar-refractivity contribution in [2.75, 3.05) is 13.2 Å². The normalized spacial score (nSPS) is 34.5. The number of hydrogen-bond acceptors (Lipinski definition) is 4. The molecule has 1 aliphatic heterocycles. The van der Waals surface area contributed by atoms with Gasteiger partial charge in [-0.25, -0.2) is 0 Å². The van der Waals surface area contributed by atoms with Crippen LogP contribution in [0.3, 0.4) is 0 Å². The van der Waals surface area contributed by atoms with E-state index in [-0.39, 0.29) is 11.8 Å². The second kappa shape index (κ2) is 8.19. The first kappa shape index (κ1) is 18.2. The maximum absolute atomic E-state index is 10.3. The molecule has 1 saturated heterocycles. The SMILES string of the molecule is CCCCCCCCC(O)C#CC1C(O)CC2C1CC21OCCO1. The third-order valence-corrected chi connectivity index (χ3v) is 6.00. The Hall–Kier alpha value is -0.600. The molecule has 3 fully saturated rings. The Balaban J connectivity index is 1.41. The molecule has 2 aliphatic carbocycles. The Morgan fingerprint density at radius 1 is 1.12 bits per heavy atom. The minimum atomic E-state index is -0.560. The first-order valence-electron chi connectivity index (χ1n) is 9.81. The number of rotatable bonds is 7. The second-order valence-corrected chi connectivity index (χ2v) is 7.67. The van der Waals surface area contributed by atoms with E-state index >= 15 is 0 Å². The Labute approximate surface area is 145 Å². The Kier molecular flexibility index (Phi) is 6.21. The van der Waals surface area contributed by atoms with Crippen LogP contribution < -0.4 is 0 Å². The largest absolute Gasteiger partial charge is 0.392 e. The average Bonchev–Trinajstić information content (AvgIpc) is 3.15. The molecule has 3 rings (SSSR count). The third-order valence-electron chi connectivity index (χ3n) is 6.00. The second-order valence-electron chi connectivity index (χ2n) is 7.67. The minimum absolute atomic E-state index is 0.0346. The van der Waals surface area contributed by atoms with Crippen molar-refractivity contribution in [3.05, 3.63) is 0 Å². The molecule has 0 amide bonds. The van der Waals surface area contributed by atoms with Crippen LogP contribution in [0.2, 0.25) is 0 Å². The summed E-state index contributed by atoms with van der Waals surface area (Å²) in [5, 5.41) is 20.4. The van der Waals surface area contributed by atoms with Crippen LogP contribution in [0.1, 0.15) is 64.7 Å². The highest BCUT2D eigenvalue weighted by Crippen LogP contribution is 2.59. The molecule has 0 aromatic rings. The Morgan fingerprint density at radius 3 is 2.58 bits per heavy atom. The molecule has 24 heavy (non-hydrogen) atoms. The summed E-state index contributed by atoms with van der Waals surface area (Å²) in [5.74, 6) is 6.31. The minimum Gasteiger partial charge on any atom is -0.392 e. The number of unbranched alkanes of at least 4 members (excludes halogenated alkanes) is 5. The van der Waals surface area contributed by atoms with Crippen LogP contribution in [-0.2, 0) is 9.47 Å². The maximum Gasteiger partial charge on any atom is 0.172 e. The van der Waals surface area contributed by atoms with Gasteiger partial charge in [-0.2, -0.15) is 0 Å². The summed E-state index contributed by atoms with van der Waals surface area (Å²) < 4.78 is 11.6. The molecule has 1 spiro atoms. The van der Waals surface area contributed by atoms with Gasteiger partial charge < -0.3 is 19.7 Å². The summed E-state index contributed by atoms with van der Waals surface area (Å²) in [5.41, 5.74) is 0. The zero-order chi connectivity index (χ0) is 17.0. The van der Waals surface area contributed by atoms with Crippen molar-refractivity contribution in [3.63, 3.8) is 0 Å². The third kappa shape index (κ3) is 3.80. The van der Waals surface area contributed by atoms with Crippen molar-refractivity contribution in [2.45, 2.75) is 82.7 Å². The van der Waals surface area contributed by atoms with Gasteiger partial charge in [0.15, 0.2) is 5.79 Å². The van der Waals surface area contributed by atoms with Gasteiger partial charge >= 0.3 is 0 Å². The van der Waals surface area contributed by atoms with Crippen LogP contribution in [0.15, 0.2) is 0 Å². The van der Waals surface area contributed by atoms with E-state index < -0.39 is 18.0 Å². The molecule has 0 aromatic carbocycles. The summed E-state index contributed by atoms with van der Waals surface area (Å²) in [6, 6.07) is 0. The van der Waals surface area contributed by atoms with Crippen molar-refractivity contribution in [3.8, 4) is 11.8 Å². The zero-order valence-corrected chi connectivity index (χ0v) is 14.9. The van der Waals surface area contributed by atoms with Gasteiger partial charge in [-0.05, 0) is 25.2 Å².